The monoisotopic (exact) mass is 95.0 g/mol. The van der Waals surface area contributed by atoms with Crippen LogP contribution in [0.5, 0.6) is 0 Å². The number of carbonyl (C=O) groups is 1. The second-order valence-corrected chi connectivity index (χ2v) is 1.95. The van der Waals surface area contributed by atoms with Gasteiger partial charge in [-0.3, -0.25) is 4.79 Å². The van der Waals surface area contributed by atoms with Crippen LogP contribution >= 0.6 is 0 Å². The lowest BCUT2D eigenvalue weighted by Gasteiger charge is -2.38. The van der Waals surface area contributed by atoms with Gasteiger partial charge in [-0.25, -0.2) is 0 Å². The van der Waals surface area contributed by atoms with Crippen molar-refractivity contribution in [1.29, 1.82) is 0 Å². The van der Waals surface area contributed by atoms with E-state index in [2.05, 4.69) is 5.32 Å². The van der Waals surface area contributed by atoms with E-state index in [1.54, 1.807) is 0 Å². The van der Waals surface area contributed by atoms with Crippen LogP contribution in [0.25, 0.3) is 0 Å². The highest BCUT2D eigenvalue weighted by molar-refractivity contribution is 5.90. The lowest BCUT2D eigenvalue weighted by atomic mass is 9.81. The van der Waals surface area contributed by atoms with Crippen LogP contribution in [0.15, 0.2) is 12.2 Å². The molecule has 2 heteroatoms. The Balaban J connectivity index is 2.29. The third-order valence-corrected chi connectivity index (χ3v) is 1.52. The van der Waals surface area contributed by atoms with Gasteiger partial charge in [-0.15, -0.1) is 0 Å². The van der Waals surface area contributed by atoms with Crippen LogP contribution < -0.4 is 5.32 Å². The number of rotatable bonds is 0. The van der Waals surface area contributed by atoms with Gasteiger partial charge in [0.25, 0.3) is 0 Å². The largest absolute Gasteiger partial charge is 0.348 e. The summed E-state index contributed by atoms with van der Waals surface area (Å²) < 4.78 is 0. The summed E-state index contributed by atoms with van der Waals surface area (Å²) in [5.41, 5.74) is 0. The van der Waals surface area contributed by atoms with Gasteiger partial charge < -0.3 is 5.32 Å². The highest BCUT2D eigenvalue weighted by atomic mass is 16.2. The molecule has 1 heterocycles. The van der Waals surface area contributed by atoms with E-state index >= 15 is 0 Å². The van der Waals surface area contributed by atoms with Crippen molar-refractivity contribution >= 4 is 5.91 Å². The third-order valence-electron chi connectivity index (χ3n) is 1.52. The van der Waals surface area contributed by atoms with E-state index in [0.717, 1.165) is 0 Å². The first kappa shape index (κ1) is 3.24. The quantitative estimate of drug-likeness (QED) is 0.324. The fraction of sp³-hybridized carbons (Fsp3) is 0.400. The Morgan fingerprint density at radius 2 is 2.43 bits per heavy atom. The number of hydrogen-bond donors (Lipinski definition) is 1. The van der Waals surface area contributed by atoms with Crippen LogP contribution in [0.1, 0.15) is 0 Å². The summed E-state index contributed by atoms with van der Waals surface area (Å²) in [6.07, 6.45) is 3.94. The summed E-state index contributed by atoms with van der Waals surface area (Å²) in [5.74, 6) is 0.438. The van der Waals surface area contributed by atoms with Gasteiger partial charge in [0.1, 0.15) is 0 Å². The maximum absolute atomic E-state index is 10.3. The molecular formula is C5H5NO. The zero-order chi connectivity index (χ0) is 4.85. The zero-order valence-electron chi connectivity index (χ0n) is 3.72. The van der Waals surface area contributed by atoms with E-state index in [1.807, 2.05) is 12.2 Å². The van der Waals surface area contributed by atoms with E-state index < -0.39 is 0 Å². The maximum Gasteiger partial charge on any atom is 0.229 e. The van der Waals surface area contributed by atoms with Crippen molar-refractivity contribution < 1.29 is 4.79 Å². The Kier molecular flexibility index (Phi) is 0.340. The molecule has 0 aromatic rings. The summed E-state index contributed by atoms with van der Waals surface area (Å²) in [6, 6.07) is 0.410. The minimum absolute atomic E-state index is 0.188. The van der Waals surface area contributed by atoms with Gasteiger partial charge >= 0.3 is 0 Å². The van der Waals surface area contributed by atoms with Crippen molar-refractivity contribution in [2.75, 3.05) is 0 Å². The Morgan fingerprint density at radius 1 is 1.57 bits per heavy atom. The van der Waals surface area contributed by atoms with Crippen molar-refractivity contribution in [3.8, 4) is 0 Å². The molecule has 1 amide bonds. The minimum atomic E-state index is 0.188. The molecule has 2 rings (SSSR count). The van der Waals surface area contributed by atoms with E-state index in [4.69, 9.17) is 0 Å². The molecule has 7 heavy (non-hydrogen) atoms. The number of nitrogens with one attached hydrogen (secondary N) is 1. The maximum atomic E-state index is 10.3. The molecule has 0 spiro atoms. The molecule has 0 radical (unpaired) electrons. The molecule has 0 aromatic heterocycles. The highest BCUT2D eigenvalue weighted by Crippen LogP contribution is 2.25. The predicted octanol–water partition coefficient (Wildman–Crippen LogP) is -0.329. The van der Waals surface area contributed by atoms with Crippen molar-refractivity contribution in [2.24, 2.45) is 5.92 Å². The van der Waals surface area contributed by atoms with Crippen LogP contribution in [0.3, 0.4) is 0 Å². The molecule has 36 valence electrons. The zero-order valence-corrected chi connectivity index (χ0v) is 3.72. The first-order chi connectivity index (χ1) is 3.38. The Labute approximate surface area is 41.2 Å². The van der Waals surface area contributed by atoms with Crippen molar-refractivity contribution in [3.63, 3.8) is 0 Å². The molecular weight excluding hydrogens is 90.1 g/mol. The lowest BCUT2D eigenvalue weighted by Crippen LogP contribution is -2.60. The summed E-state index contributed by atoms with van der Waals surface area (Å²) in [5, 5.41) is 2.72. The minimum Gasteiger partial charge on any atom is -0.348 e. The van der Waals surface area contributed by atoms with Crippen molar-refractivity contribution in [2.45, 2.75) is 6.04 Å². The second-order valence-electron chi connectivity index (χ2n) is 1.95. The third kappa shape index (κ3) is 0.204. The van der Waals surface area contributed by atoms with Gasteiger partial charge in [0.15, 0.2) is 0 Å². The molecule has 2 aliphatic rings. The molecule has 2 atom stereocenters. The average Bonchev–Trinajstić information content (AvgIpc) is 1.59. The standard InChI is InChI=1S/C5H5NO/c7-5-3-1-2-4(3)6-5/h1-4H,(H,6,7). The van der Waals surface area contributed by atoms with E-state index in [0.29, 0.717) is 6.04 Å². The molecule has 1 aliphatic heterocycles. The molecule has 0 saturated carbocycles. The van der Waals surface area contributed by atoms with Crippen LogP contribution in [-0.4, -0.2) is 11.9 Å². The molecule has 1 N–H and O–H groups in total. The summed E-state index contributed by atoms with van der Waals surface area (Å²) in [7, 11) is 0. The molecule has 0 aromatic carbocycles. The van der Waals surface area contributed by atoms with Gasteiger partial charge in [-0.1, -0.05) is 12.2 Å². The second kappa shape index (κ2) is 0.735. The van der Waals surface area contributed by atoms with Gasteiger partial charge in [-0.05, 0) is 0 Å². The SMILES string of the molecule is O=C1NC2C=CC12. The van der Waals surface area contributed by atoms with Crippen molar-refractivity contribution in [3.05, 3.63) is 12.2 Å². The van der Waals surface area contributed by atoms with Gasteiger partial charge in [-0.2, -0.15) is 0 Å². The van der Waals surface area contributed by atoms with Gasteiger partial charge in [0, 0.05) is 0 Å². The predicted molar refractivity (Wildman–Crippen MR) is 24.6 cm³/mol. The lowest BCUT2D eigenvalue weighted by molar-refractivity contribution is -0.132. The smallest absolute Gasteiger partial charge is 0.229 e. The fourth-order valence-electron chi connectivity index (χ4n) is 0.886. The number of hydrogen-bond acceptors (Lipinski definition) is 1. The topological polar surface area (TPSA) is 29.1 Å². The van der Waals surface area contributed by atoms with Crippen LogP contribution in [0.4, 0.5) is 0 Å². The number of carbonyl (C=O) groups excluding carboxylic acids is 1. The van der Waals surface area contributed by atoms with Gasteiger partial charge in [0.05, 0.1) is 12.0 Å². The van der Waals surface area contributed by atoms with Crippen LogP contribution in [-0.2, 0) is 4.79 Å². The molecule has 2 nitrogen and oxygen atoms in total. The Morgan fingerprint density at radius 3 is 2.43 bits per heavy atom. The van der Waals surface area contributed by atoms with E-state index in [1.165, 1.54) is 0 Å². The van der Waals surface area contributed by atoms with Gasteiger partial charge in [0.2, 0.25) is 5.91 Å². The van der Waals surface area contributed by atoms with Crippen LogP contribution in [0.2, 0.25) is 0 Å². The van der Waals surface area contributed by atoms with Crippen molar-refractivity contribution in [1.82, 2.24) is 5.32 Å². The number of fused-ring (bicyclic) bond motifs is 1. The highest BCUT2D eigenvalue weighted by Gasteiger charge is 2.40. The summed E-state index contributed by atoms with van der Waals surface area (Å²) in [4.78, 5) is 10.3. The molecule has 1 saturated heterocycles. The Hall–Kier alpha value is -0.790. The average molecular weight is 95.1 g/mol. The van der Waals surface area contributed by atoms with Crippen LogP contribution in [0, 0.1) is 5.92 Å². The molecule has 1 aliphatic carbocycles. The molecule has 0 bridgehead atoms. The number of amides is 1. The first-order valence-electron chi connectivity index (χ1n) is 2.36. The Bertz CT molecular complexity index is 150. The van der Waals surface area contributed by atoms with E-state index in [9.17, 15) is 4.79 Å². The molecule has 2 unspecified atom stereocenters. The molecule has 1 fully saturated rings. The summed E-state index contributed by atoms with van der Waals surface area (Å²) in [6.45, 7) is 0. The normalized spacial score (nSPS) is 43.1. The summed E-state index contributed by atoms with van der Waals surface area (Å²) >= 11 is 0. The first-order valence-corrected chi connectivity index (χ1v) is 2.36. The fourth-order valence-corrected chi connectivity index (χ4v) is 0.886. The van der Waals surface area contributed by atoms with E-state index in [-0.39, 0.29) is 11.8 Å². The number of β-lactam (4-membered cyclic amide) rings is 1.